The molecule has 1 aliphatic rings. The van der Waals surface area contributed by atoms with Gasteiger partial charge in [0.2, 0.25) is 0 Å². The molecule has 8 heteroatoms. The van der Waals surface area contributed by atoms with Crippen LogP contribution in [0.2, 0.25) is 0 Å². The van der Waals surface area contributed by atoms with Gasteiger partial charge in [0.15, 0.2) is 6.61 Å². The fourth-order valence-corrected chi connectivity index (χ4v) is 3.09. The summed E-state index contributed by atoms with van der Waals surface area (Å²) in [4.78, 5) is 25.8. The molecule has 7 nitrogen and oxygen atoms in total. The topological polar surface area (TPSA) is 80.2 Å². The maximum atomic E-state index is 12.1. The molecule has 0 saturated carbocycles. The SMILES string of the molecule is O=C(N/N=C\c1ccc(OCC(=O)N2CCOCC2)c(Br)c1)c1ccccc1. The molecule has 0 aliphatic carbocycles. The molecule has 1 N–H and O–H groups in total. The van der Waals surface area contributed by atoms with Crippen LogP contribution in [0.4, 0.5) is 0 Å². The summed E-state index contributed by atoms with van der Waals surface area (Å²) in [7, 11) is 0. The Balaban J connectivity index is 1.52. The van der Waals surface area contributed by atoms with Crippen molar-refractivity contribution < 1.29 is 19.1 Å². The highest BCUT2D eigenvalue weighted by atomic mass is 79.9. The molecule has 28 heavy (non-hydrogen) atoms. The molecule has 1 aliphatic heterocycles. The lowest BCUT2D eigenvalue weighted by atomic mass is 10.2. The van der Waals surface area contributed by atoms with Gasteiger partial charge in [0, 0.05) is 18.7 Å². The maximum absolute atomic E-state index is 12.1. The predicted molar refractivity (Wildman–Crippen MR) is 109 cm³/mol. The normalized spacial score (nSPS) is 14.1. The van der Waals surface area contributed by atoms with E-state index in [9.17, 15) is 9.59 Å². The molecule has 0 spiro atoms. The van der Waals surface area contributed by atoms with Crippen molar-refractivity contribution in [2.24, 2.45) is 5.10 Å². The fraction of sp³-hybridized carbons (Fsp3) is 0.250. The van der Waals surface area contributed by atoms with E-state index in [-0.39, 0.29) is 18.4 Å². The molecule has 2 amide bonds. The van der Waals surface area contributed by atoms with Crippen LogP contribution in [0.15, 0.2) is 58.1 Å². The first-order valence-corrected chi connectivity index (χ1v) is 9.59. The van der Waals surface area contributed by atoms with Gasteiger partial charge in [-0.15, -0.1) is 0 Å². The van der Waals surface area contributed by atoms with Crippen molar-refractivity contribution in [1.29, 1.82) is 0 Å². The molecule has 0 aromatic heterocycles. The van der Waals surface area contributed by atoms with E-state index in [1.807, 2.05) is 6.07 Å². The van der Waals surface area contributed by atoms with Crippen LogP contribution < -0.4 is 10.2 Å². The van der Waals surface area contributed by atoms with E-state index in [0.29, 0.717) is 42.1 Å². The highest BCUT2D eigenvalue weighted by Crippen LogP contribution is 2.25. The van der Waals surface area contributed by atoms with E-state index in [2.05, 4.69) is 26.5 Å². The quantitative estimate of drug-likeness (QED) is 0.546. The van der Waals surface area contributed by atoms with Crippen LogP contribution in [0.5, 0.6) is 5.75 Å². The lowest BCUT2D eigenvalue weighted by Gasteiger charge is -2.26. The number of ether oxygens (including phenoxy) is 2. The van der Waals surface area contributed by atoms with Crippen molar-refractivity contribution in [2.75, 3.05) is 32.9 Å². The lowest BCUT2D eigenvalue weighted by Crippen LogP contribution is -2.43. The Morgan fingerprint density at radius 1 is 1.18 bits per heavy atom. The Morgan fingerprint density at radius 2 is 1.93 bits per heavy atom. The van der Waals surface area contributed by atoms with Crippen LogP contribution in [-0.2, 0) is 9.53 Å². The minimum Gasteiger partial charge on any atom is -0.483 e. The van der Waals surface area contributed by atoms with Gasteiger partial charge in [-0.1, -0.05) is 18.2 Å². The summed E-state index contributed by atoms with van der Waals surface area (Å²) in [6, 6.07) is 14.2. The summed E-state index contributed by atoms with van der Waals surface area (Å²) in [5, 5.41) is 3.97. The van der Waals surface area contributed by atoms with Gasteiger partial charge in [-0.3, -0.25) is 9.59 Å². The van der Waals surface area contributed by atoms with E-state index in [1.165, 1.54) is 6.21 Å². The second-order valence-corrected chi connectivity index (χ2v) is 6.89. The minimum atomic E-state index is -0.280. The number of nitrogens with one attached hydrogen (secondary N) is 1. The number of hydrogen-bond donors (Lipinski definition) is 1. The van der Waals surface area contributed by atoms with Gasteiger partial charge >= 0.3 is 0 Å². The number of morpholine rings is 1. The number of amides is 2. The average molecular weight is 446 g/mol. The van der Waals surface area contributed by atoms with E-state index >= 15 is 0 Å². The molecule has 0 radical (unpaired) electrons. The van der Waals surface area contributed by atoms with Gasteiger partial charge in [0.25, 0.3) is 11.8 Å². The Hall–Kier alpha value is -2.71. The summed E-state index contributed by atoms with van der Waals surface area (Å²) >= 11 is 3.43. The summed E-state index contributed by atoms with van der Waals surface area (Å²) in [6.45, 7) is 2.27. The first-order valence-electron chi connectivity index (χ1n) is 8.80. The zero-order valence-electron chi connectivity index (χ0n) is 15.1. The van der Waals surface area contributed by atoms with Crippen LogP contribution in [-0.4, -0.2) is 55.8 Å². The first kappa shape index (κ1) is 20.0. The van der Waals surface area contributed by atoms with Gasteiger partial charge in [-0.2, -0.15) is 5.10 Å². The van der Waals surface area contributed by atoms with E-state index in [0.717, 1.165) is 5.56 Å². The third-order valence-corrected chi connectivity index (χ3v) is 4.71. The zero-order chi connectivity index (χ0) is 19.8. The van der Waals surface area contributed by atoms with Crippen molar-refractivity contribution in [2.45, 2.75) is 0 Å². The number of hydrazone groups is 1. The molecular weight excluding hydrogens is 426 g/mol. The van der Waals surface area contributed by atoms with E-state index < -0.39 is 0 Å². The van der Waals surface area contributed by atoms with Gasteiger partial charge in [0.1, 0.15) is 5.75 Å². The maximum Gasteiger partial charge on any atom is 0.271 e. The first-order chi connectivity index (χ1) is 13.6. The van der Waals surface area contributed by atoms with Crippen LogP contribution in [0.1, 0.15) is 15.9 Å². The van der Waals surface area contributed by atoms with Crippen molar-refractivity contribution in [1.82, 2.24) is 10.3 Å². The number of halogens is 1. The molecule has 2 aromatic rings. The van der Waals surface area contributed by atoms with Crippen molar-refractivity contribution in [3.8, 4) is 5.75 Å². The number of carbonyl (C=O) groups is 2. The second-order valence-electron chi connectivity index (χ2n) is 6.04. The third kappa shape index (κ3) is 5.64. The Bertz CT molecular complexity index is 852. The number of rotatable bonds is 6. The van der Waals surface area contributed by atoms with Gasteiger partial charge in [-0.05, 0) is 51.8 Å². The average Bonchev–Trinajstić information content (AvgIpc) is 2.74. The molecular formula is C20H20BrN3O4. The molecule has 0 bridgehead atoms. The second kappa shape index (κ2) is 10.0. The standard InChI is InChI=1S/C20H20BrN3O4/c21-17-12-15(13-22-23-20(26)16-4-2-1-3-5-16)6-7-18(17)28-14-19(25)24-8-10-27-11-9-24/h1-7,12-13H,8-11,14H2,(H,23,26)/b22-13-. The molecule has 0 atom stereocenters. The highest BCUT2D eigenvalue weighted by molar-refractivity contribution is 9.10. The summed E-state index contributed by atoms with van der Waals surface area (Å²) in [6.07, 6.45) is 1.54. The van der Waals surface area contributed by atoms with Crippen LogP contribution in [0, 0.1) is 0 Å². The molecule has 146 valence electrons. The third-order valence-electron chi connectivity index (χ3n) is 4.09. The van der Waals surface area contributed by atoms with Crippen LogP contribution in [0.25, 0.3) is 0 Å². The zero-order valence-corrected chi connectivity index (χ0v) is 16.7. The fourth-order valence-electron chi connectivity index (χ4n) is 2.58. The Kier molecular flexibility index (Phi) is 7.16. The summed E-state index contributed by atoms with van der Waals surface area (Å²) in [5.41, 5.74) is 3.79. The monoisotopic (exact) mass is 445 g/mol. The van der Waals surface area contributed by atoms with Crippen molar-refractivity contribution in [3.63, 3.8) is 0 Å². The van der Waals surface area contributed by atoms with Crippen molar-refractivity contribution in [3.05, 3.63) is 64.1 Å². The minimum absolute atomic E-state index is 0.0286. The van der Waals surface area contributed by atoms with Gasteiger partial charge in [0.05, 0.1) is 23.9 Å². The summed E-state index contributed by atoms with van der Waals surface area (Å²) < 4.78 is 11.5. The number of hydrogen-bond acceptors (Lipinski definition) is 5. The summed E-state index contributed by atoms with van der Waals surface area (Å²) in [5.74, 6) is 0.217. The Morgan fingerprint density at radius 3 is 2.64 bits per heavy atom. The highest BCUT2D eigenvalue weighted by Gasteiger charge is 2.17. The number of nitrogens with zero attached hydrogens (tertiary/aromatic N) is 2. The molecule has 3 rings (SSSR count). The largest absolute Gasteiger partial charge is 0.483 e. The van der Waals surface area contributed by atoms with E-state index in [1.54, 1.807) is 47.4 Å². The molecule has 2 aromatic carbocycles. The molecule has 1 heterocycles. The Labute approximate surface area is 171 Å². The van der Waals surface area contributed by atoms with E-state index in [4.69, 9.17) is 9.47 Å². The van der Waals surface area contributed by atoms with Crippen LogP contribution in [0.3, 0.4) is 0 Å². The smallest absolute Gasteiger partial charge is 0.271 e. The molecule has 1 saturated heterocycles. The van der Waals surface area contributed by atoms with Gasteiger partial charge in [-0.25, -0.2) is 5.43 Å². The van der Waals surface area contributed by atoms with Crippen molar-refractivity contribution >= 4 is 34.0 Å². The predicted octanol–water partition coefficient (Wildman–Crippen LogP) is 2.45. The lowest BCUT2D eigenvalue weighted by molar-refractivity contribution is -0.137. The number of carbonyl (C=O) groups excluding carboxylic acids is 2. The molecule has 0 unspecified atom stereocenters. The van der Waals surface area contributed by atoms with Crippen LogP contribution >= 0.6 is 15.9 Å². The number of benzene rings is 2. The molecule has 1 fully saturated rings. The van der Waals surface area contributed by atoms with Gasteiger partial charge < -0.3 is 14.4 Å².